The lowest BCUT2D eigenvalue weighted by molar-refractivity contribution is -0.135. The van der Waals surface area contributed by atoms with Crippen LogP contribution in [0.25, 0.3) is 0 Å². The molecule has 1 N–H and O–H groups in total. The fourth-order valence-electron chi connectivity index (χ4n) is 2.00. The number of carboxylic acid groups (broad SMARTS) is 1. The summed E-state index contributed by atoms with van der Waals surface area (Å²) in [4.78, 5) is 17.0. The van der Waals surface area contributed by atoms with Gasteiger partial charge in [0.2, 0.25) is 0 Å². The van der Waals surface area contributed by atoms with Gasteiger partial charge in [0.05, 0.1) is 6.54 Å². The van der Waals surface area contributed by atoms with Crippen molar-refractivity contribution in [2.75, 3.05) is 11.4 Å². The first-order valence-corrected chi connectivity index (χ1v) is 6.50. The summed E-state index contributed by atoms with van der Waals surface area (Å²) in [5.74, 6) is -0.109. The fourth-order valence-corrected chi connectivity index (χ4v) is 2.00. The highest BCUT2D eigenvalue weighted by atomic mass is 16.4. The van der Waals surface area contributed by atoms with Gasteiger partial charge in [-0.3, -0.25) is 4.79 Å². The van der Waals surface area contributed by atoms with Crippen LogP contribution < -0.4 is 4.90 Å². The number of aliphatic carboxylic acids is 1. The van der Waals surface area contributed by atoms with Crippen LogP contribution in [0.1, 0.15) is 18.3 Å². The summed E-state index contributed by atoms with van der Waals surface area (Å²) in [6.45, 7) is 5.04. The van der Waals surface area contributed by atoms with Crippen LogP contribution in [0.5, 0.6) is 0 Å². The van der Waals surface area contributed by atoms with Crippen molar-refractivity contribution < 1.29 is 9.90 Å². The summed E-state index contributed by atoms with van der Waals surface area (Å²) in [7, 11) is 0. The first-order valence-electron chi connectivity index (χ1n) is 6.50. The van der Waals surface area contributed by atoms with Crippen molar-refractivity contribution in [3.63, 3.8) is 0 Å². The first kappa shape index (κ1) is 14.0. The molecule has 6 nitrogen and oxygen atoms in total. The molecule has 0 spiro atoms. The Morgan fingerprint density at radius 3 is 2.65 bits per heavy atom. The predicted molar refractivity (Wildman–Crippen MR) is 75.6 cm³/mol. The maximum absolute atomic E-state index is 11.0. The number of anilines is 1. The van der Waals surface area contributed by atoms with Crippen LogP contribution >= 0.6 is 0 Å². The van der Waals surface area contributed by atoms with Gasteiger partial charge in [0.15, 0.2) is 0 Å². The van der Waals surface area contributed by atoms with Gasteiger partial charge in [0, 0.05) is 12.2 Å². The molecule has 0 aliphatic rings. The minimum atomic E-state index is -0.867. The molecule has 2 aromatic rings. The topological polar surface area (TPSA) is 71.2 Å². The highest BCUT2D eigenvalue weighted by Gasteiger charge is 2.14. The molecule has 0 aliphatic carbocycles. The SMILES string of the molecule is CCn1ncnc1CN(CC(=O)O)c1ccc(C)cc1. The number of aromatic nitrogens is 3. The average Bonchev–Trinajstić information content (AvgIpc) is 2.85. The van der Waals surface area contributed by atoms with Gasteiger partial charge in [0.1, 0.15) is 18.7 Å². The number of benzene rings is 1. The smallest absolute Gasteiger partial charge is 0.323 e. The van der Waals surface area contributed by atoms with Crippen LogP contribution in [0, 0.1) is 6.92 Å². The summed E-state index contributed by atoms with van der Waals surface area (Å²) in [6, 6.07) is 7.78. The first-order chi connectivity index (χ1) is 9.60. The van der Waals surface area contributed by atoms with Crippen molar-refractivity contribution in [1.82, 2.24) is 14.8 Å². The summed E-state index contributed by atoms with van der Waals surface area (Å²) in [5, 5.41) is 13.2. The van der Waals surface area contributed by atoms with Crippen molar-refractivity contribution in [2.24, 2.45) is 0 Å². The number of hydrogen-bond donors (Lipinski definition) is 1. The minimum absolute atomic E-state index is 0.0698. The molecule has 1 aromatic carbocycles. The molecule has 0 atom stereocenters. The lowest BCUT2D eigenvalue weighted by Gasteiger charge is -2.22. The van der Waals surface area contributed by atoms with E-state index < -0.39 is 5.97 Å². The Labute approximate surface area is 117 Å². The van der Waals surface area contributed by atoms with Crippen LogP contribution in [0.4, 0.5) is 5.69 Å². The summed E-state index contributed by atoms with van der Waals surface area (Å²) >= 11 is 0. The van der Waals surface area contributed by atoms with Crippen LogP contribution in [0.15, 0.2) is 30.6 Å². The Hall–Kier alpha value is -2.37. The monoisotopic (exact) mass is 274 g/mol. The zero-order valence-electron chi connectivity index (χ0n) is 11.7. The number of hydrogen-bond acceptors (Lipinski definition) is 4. The second-order valence-corrected chi connectivity index (χ2v) is 4.58. The Bertz CT molecular complexity index is 577. The Balaban J connectivity index is 2.23. The molecule has 1 heterocycles. The van der Waals surface area contributed by atoms with E-state index in [-0.39, 0.29) is 6.54 Å². The van der Waals surface area contributed by atoms with Gasteiger partial charge < -0.3 is 10.0 Å². The van der Waals surface area contributed by atoms with E-state index in [1.807, 2.05) is 38.1 Å². The van der Waals surface area contributed by atoms with Gasteiger partial charge >= 0.3 is 5.97 Å². The summed E-state index contributed by atoms with van der Waals surface area (Å²) < 4.78 is 1.77. The molecule has 0 radical (unpaired) electrons. The highest BCUT2D eigenvalue weighted by molar-refractivity contribution is 5.73. The van der Waals surface area contributed by atoms with Gasteiger partial charge in [-0.1, -0.05) is 17.7 Å². The molecule has 0 amide bonds. The van der Waals surface area contributed by atoms with Crippen molar-refractivity contribution in [3.8, 4) is 0 Å². The standard InChI is InChI=1S/C14H18N4O2/c1-3-18-13(15-10-16-18)8-17(9-14(19)20)12-6-4-11(2)5-7-12/h4-7,10H,3,8-9H2,1-2H3,(H,19,20). The molecule has 2 rings (SSSR count). The van der Waals surface area contributed by atoms with E-state index in [1.54, 1.807) is 9.58 Å². The molecule has 0 saturated carbocycles. The Kier molecular flexibility index (Phi) is 4.34. The summed E-state index contributed by atoms with van der Waals surface area (Å²) in [5.41, 5.74) is 2.00. The van der Waals surface area contributed by atoms with E-state index in [2.05, 4.69) is 10.1 Å². The van der Waals surface area contributed by atoms with E-state index in [0.717, 1.165) is 17.1 Å². The van der Waals surface area contributed by atoms with Crippen LogP contribution in [0.3, 0.4) is 0 Å². The Morgan fingerprint density at radius 2 is 2.05 bits per heavy atom. The second kappa shape index (κ2) is 6.18. The fraction of sp³-hybridized carbons (Fsp3) is 0.357. The molecule has 0 unspecified atom stereocenters. The highest BCUT2D eigenvalue weighted by Crippen LogP contribution is 2.17. The van der Waals surface area contributed by atoms with Gasteiger partial charge in [-0.25, -0.2) is 9.67 Å². The van der Waals surface area contributed by atoms with E-state index >= 15 is 0 Å². The number of carbonyl (C=O) groups is 1. The van der Waals surface area contributed by atoms with Crippen molar-refractivity contribution in [1.29, 1.82) is 0 Å². The van der Waals surface area contributed by atoms with Crippen molar-refractivity contribution in [2.45, 2.75) is 26.9 Å². The van der Waals surface area contributed by atoms with Gasteiger partial charge in [0.25, 0.3) is 0 Å². The minimum Gasteiger partial charge on any atom is -0.480 e. The van der Waals surface area contributed by atoms with E-state index in [9.17, 15) is 4.79 Å². The maximum atomic E-state index is 11.0. The number of aryl methyl sites for hydroxylation is 2. The molecule has 106 valence electrons. The van der Waals surface area contributed by atoms with Crippen molar-refractivity contribution in [3.05, 3.63) is 42.0 Å². The zero-order valence-corrected chi connectivity index (χ0v) is 11.7. The van der Waals surface area contributed by atoms with Gasteiger partial charge in [-0.05, 0) is 26.0 Å². The van der Waals surface area contributed by atoms with E-state index in [1.165, 1.54) is 6.33 Å². The molecule has 1 aromatic heterocycles. The third-order valence-corrected chi connectivity index (χ3v) is 3.05. The quantitative estimate of drug-likeness (QED) is 0.868. The van der Waals surface area contributed by atoms with Crippen LogP contribution in [-0.2, 0) is 17.9 Å². The second-order valence-electron chi connectivity index (χ2n) is 4.58. The normalized spacial score (nSPS) is 10.5. The molecular formula is C14H18N4O2. The van der Waals surface area contributed by atoms with E-state index in [0.29, 0.717) is 13.1 Å². The molecule has 20 heavy (non-hydrogen) atoms. The number of rotatable bonds is 6. The predicted octanol–water partition coefficient (Wildman–Crippen LogP) is 1.70. The molecule has 0 aliphatic heterocycles. The lowest BCUT2D eigenvalue weighted by atomic mass is 10.2. The molecule has 0 fully saturated rings. The zero-order chi connectivity index (χ0) is 14.5. The van der Waals surface area contributed by atoms with Crippen molar-refractivity contribution >= 4 is 11.7 Å². The van der Waals surface area contributed by atoms with Gasteiger partial charge in [-0.2, -0.15) is 5.10 Å². The third-order valence-electron chi connectivity index (χ3n) is 3.05. The van der Waals surface area contributed by atoms with Gasteiger partial charge in [-0.15, -0.1) is 0 Å². The molecule has 0 saturated heterocycles. The molecule has 0 bridgehead atoms. The molecular weight excluding hydrogens is 256 g/mol. The molecule has 6 heteroatoms. The number of carboxylic acids is 1. The summed E-state index contributed by atoms with van der Waals surface area (Å²) in [6.07, 6.45) is 1.49. The Morgan fingerprint density at radius 1 is 1.35 bits per heavy atom. The largest absolute Gasteiger partial charge is 0.480 e. The maximum Gasteiger partial charge on any atom is 0.323 e. The van der Waals surface area contributed by atoms with Crippen LogP contribution in [0.2, 0.25) is 0 Å². The van der Waals surface area contributed by atoms with E-state index in [4.69, 9.17) is 5.11 Å². The van der Waals surface area contributed by atoms with Crippen LogP contribution in [-0.4, -0.2) is 32.4 Å². The lowest BCUT2D eigenvalue weighted by Crippen LogP contribution is -2.30. The average molecular weight is 274 g/mol. The third kappa shape index (κ3) is 3.34. The number of nitrogens with zero attached hydrogens (tertiary/aromatic N) is 4.